The summed E-state index contributed by atoms with van der Waals surface area (Å²) in [5.41, 5.74) is 0.924. The molecular weight excluding hydrogens is 264 g/mol. The highest BCUT2D eigenvalue weighted by Gasteiger charge is 2.17. The molecule has 0 saturated carbocycles. The van der Waals surface area contributed by atoms with Crippen molar-refractivity contribution in [3.05, 3.63) is 46.7 Å². The van der Waals surface area contributed by atoms with Gasteiger partial charge in [-0.05, 0) is 18.6 Å². The Hall–Kier alpha value is -1.81. The molecular formula is C14H15ClN2O2. The Morgan fingerprint density at radius 2 is 2.26 bits per heavy atom. The van der Waals surface area contributed by atoms with E-state index in [2.05, 4.69) is 5.10 Å². The van der Waals surface area contributed by atoms with Crippen molar-refractivity contribution < 1.29 is 9.53 Å². The first-order valence-electron chi connectivity index (χ1n) is 6.08. The molecule has 100 valence electrons. The van der Waals surface area contributed by atoms with E-state index in [-0.39, 0.29) is 5.78 Å². The molecule has 1 heterocycles. The fourth-order valence-electron chi connectivity index (χ4n) is 1.75. The summed E-state index contributed by atoms with van der Waals surface area (Å²) in [4.78, 5) is 12.4. The number of ketones is 1. The third kappa shape index (κ3) is 2.96. The highest BCUT2D eigenvalue weighted by Crippen LogP contribution is 2.21. The van der Waals surface area contributed by atoms with Crippen molar-refractivity contribution in [2.24, 2.45) is 7.05 Å². The molecule has 0 unspecified atom stereocenters. The number of aromatic nitrogens is 2. The molecule has 0 atom stereocenters. The van der Waals surface area contributed by atoms with E-state index >= 15 is 0 Å². The van der Waals surface area contributed by atoms with E-state index in [0.29, 0.717) is 28.6 Å². The van der Waals surface area contributed by atoms with Gasteiger partial charge in [-0.2, -0.15) is 5.10 Å². The van der Waals surface area contributed by atoms with Gasteiger partial charge in [-0.3, -0.25) is 9.48 Å². The van der Waals surface area contributed by atoms with Crippen LogP contribution in [-0.4, -0.2) is 22.2 Å². The molecule has 0 bridgehead atoms. The van der Waals surface area contributed by atoms with Crippen molar-refractivity contribution in [2.45, 2.75) is 13.3 Å². The fraction of sp³-hybridized carbons (Fsp3) is 0.286. The van der Waals surface area contributed by atoms with Gasteiger partial charge in [0.05, 0.1) is 17.8 Å². The Balaban J connectivity index is 2.29. The summed E-state index contributed by atoms with van der Waals surface area (Å²) in [6, 6.07) is 7.09. The Bertz CT molecular complexity index is 573. The summed E-state index contributed by atoms with van der Waals surface area (Å²) in [6.45, 7) is 2.66. The summed E-state index contributed by atoms with van der Waals surface area (Å²) in [7, 11) is 1.69. The largest absolute Gasteiger partial charge is 0.494 e. The number of hydrogen-bond donors (Lipinski definition) is 0. The number of hydrogen-bond acceptors (Lipinski definition) is 3. The molecule has 0 N–H and O–H groups in total. The Morgan fingerprint density at radius 3 is 2.89 bits per heavy atom. The van der Waals surface area contributed by atoms with Crippen LogP contribution < -0.4 is 4.74 Å². The van der Waals surface area contributed by atoms with Crippen LogP contribution in [0, 0.1) is 0 Å². The van der Waals surface area contributed by atoms with Crippen LogP contribution in [0.3, 0.4) is 0 Å². The number of ether oxygens (including phenoxy) is 1. The molecule has 0 fully saturated rings. The molecule has 0 aliphatic heterocycles. The van der Waals surface area contributed by atoms with Crippen molar-refractivity contribution in [3.63, 3.8) is 0 Å². The topological polar surface area (TPSA) is 44.1 Å². The minimum Gasteiger partial charge on any atom is -0.494 e. The van der Waals surface area contributed by atoms with E-state index in [1.165, 1.54) is 10.9 Å². The predicted octanol–water partition coefficient (Wildman–Crippen LogP) is 3.09. The first-order chi connectivity index (χ1) is 9.13. The van der Waals surface area contributed by atoms with E-state index in [0.717, 1.165) is 6.42 Å². The van der Waals surface area contributed by atoms with E-state index in [4.69, 9.17) is 16.3 Å². The van der Waals surface area contributed by atoms with Crippen LogP contribution in [0.2, 0.25) is 5.02 Å². The van der Waals surface area contributed by atoms with Gasteiger partial charge in [0.1, 0.15) is 11.4 Å². The van der Waals surface area contributed by atoms with Crippen LogP contribution in [0.15, 0.2) is 30.5 Å². The van der Waals surface area contributed by atoms with Crippen LogP contribution in [0.1, 0.15) is 29.4 Å². The van der Waals surface area contributed by atoms with Crippen LogP contribution in [0.5, 0.6) is 5.75 Å². The van der Waals surface area contributed by atoms with Crippen LogP contribution in [0.4, 0.5) is 0 Å². The standard InChI is InChI=1S/C14H15ClN2O2/c1-3-7-19-11-6-4-5-10(8-11)14(18)13-12(15)9-16-17(13)2/h4-6,8-9H,3,7H2,1-2H3. The Morgan fingerprint density at radius 1 is 1.47 bits per heavy atom. The SMILES string of the molecule is CCCOc1cccc(C(=O)c2c(Cl)cnn2C)c1. The Kier molecular flexibility index (Phi) is 4.22. The third-order valence-electron chi connectivity index (χ3n) is 2.68. The van der Waals surface area contributed by atoms with E-state index in [1.54, 1.807) is 25.2 Å². The van der Waals surface area contributed by atoms with Crippen molar-refractivity contribution in [2.75, 3.05) is 6.61 Å². The van der Waals surface area contributed by atoms with Gasteiger partial charge in [0, 0.05) is 12.6 Å². The zero-order valence-corrected chi connectivity index (χ0v) is 11.6. The maximum Gasteiger partial charge on any atom is 0.212 e. The van der Waals surface area contributed by atoms with Gasteiger partial charge in [-0.15, -0.1) is 0 Å². The number of halogens is 1. The van der Waals surface area contributed by atoms with Crippen molar-refractivity contribution in [3.8, 4) is 5.75 Å². The van der Waals surface area contributed by atoms with E-state index in [1.807, 2.05) is 13.0 Å². The van der Waals surface area contributed by atoms with Gasteiger partial charge in [0.15, 0.2) is 0 Å². The average Bonchev–Trinajstić information content (AvgIpc) is 2.75. The molecule has 0 radical (unpaired) electrons. The maximum atomic E-state index is 12.4. The lowest BCUT2D eigenvalue weighted by Crippen LogP contribution is -2.09. The second-order valence-electron chi connectivity index (χ2n) is 4.17. The lowest BCUT2D eigenvalue weighted by Gasteiger charge is -2.07. The third-order valence-corrected chi connectivity index (χ3v) is 2.95. The smallest absolute Gasteiger partial charge is 0.212 e. The molecule has 0 amide bonds. The summed E-state index contributed by atoms with van der Waals surface area (Å²) >= 11 is 5.98. The lowest BCUT2D eigenvalue weighted by molar-refractivity contribution is 0.103. The average molecular weight is 279 g/mol. The molecule has 2 aromatic rings. The molecule has 0 aliphatic rings. The Labute approximate surface area is 116 Å². The summed E-state index contributed by atoms with van der Waals surface area (Å²) < 4.78 is 6.99. The fourth-order valence-corrected chi connectivity index (χ4v) is 2.00. The maximum absolute atomic E-state index is 12.4. The van der Waals surface area contributed by atoms with Crippen molar-refractivity contribution >= 4 is 17.4 Å². The normalized spacial score (nSPS) is 10.5. The number of carbonyl (C=O) groups excluding carboxylic acids is 1. The van der Waals surface area contributed by atoms with E-state index < -0.39 is 0 Å². The first-order valence-corrected chi connectivity index (χ1v) is 6.46. The molecule has 0 aliphatic carbocycles. The number of rotatable bonds is 5. The molecule has 0 saturated heterocycles. The van der Waals surface area contributed by atoms with Crippen LogP contribution in [-0.2, 0) is 7.05 Å². The van der Waals surface area contributed by atoms with E-state index in [9.17, 15) is 4.79 Å². The highest BCUT2D eigenvalue weighted by molar-refractivity contribution is 6.34. The molecule has 0 spiro atoms. The summed E-state index contributed by atoms with van der Waals surface area (Å²) in [6.07, 6.45) is 2.39. The number of carbonyl (C=O) groups is 1. The molecule has 1 aromatic carbocycles. The molecule has 4 nitrogen and oxygen atoms in total. The summed E-state index contributed by atoms with van der Waals surface area (Å²) in [5.74, 6) is 0.526. The first kappa shape index (κ1) is 13.6. The van der Waals surface area contributed by atoms with Crippen LogP contribution in [0.25, 0.3) is 0 Å². The molecule has 19 heavy (non-hydrogen) atoms. The molecule has 5 heteroatoms. The highest BCUT2D eigenvalue weighted by atomic mass is 35.5. The second-order valence-corrected chi connectivity index (χ2v) is 4.58. The molecule has 2 rings (SSSR count). The quantitative estimate of drug-likeness (QED) is 0.790. The minimum atomic E-state index is -0.160. The minimum absolute atomic E-state index is 0.160. The second kappa shape index (κ2) is 5.89. The van der Waals surface area contributed by atoms with Gasteiger partial charge >= 0.3 is 0 Å². The van der Waals surface area contributed by atoms with Gasteiger partial charge in [-0.25, -0.2) is 0 Å². The van der Waals surface area contributed by atoms with Gasteiger partial charge in [0.25, 0.3) is 0 Å². The van der Waals surface area contributed by atoms with Crippen molar-refractivity contribution in [1.82, 2.24) is 9.78 Å². The predicted molar refractivity (Wildman–Crippen MR) is 73.9 cm³/mol. The zero-order chi connectivity index (χ0) is 13.8. The number of aryl methyl sites for hydroxylation is 1. The van der Waals surface area contributed by atoms with Crippen LogP contribution >= 0.6 is 11.6 Å². The number of benzene rings is 1. The van der Waals surface area contributed by atoms with Gasteiger partial charge in [0.2, 0.25) is 5.78 Å². The van der Waals surface area contributed by atoms with Gasteiger partial charge in [-0.1, -0.05) is 30.7 Å². The number of nitrogens with zero attached hydrogens (tertiary/aromatic N) is 2. The molecule has 1 aromatic heterocycles. The van der Waals surface area contributed by atoms with Gasteiger partial charge < -0.3 is 4.74 Å². The van der Waals surface area contributed by atoms with Crippen molar-refractivity contribution in [1.29, 1.82) is 0 Å². The zero-order valence-electron chi connectivity index (χ0n) is 10.9. The lowest BCUT2D eigenvalue weighted by atomic mass is 10.1. The summed E-state index contributed by atoms with van der Waals surface area (Å²) in [5, 5.41) is 4.32. The monoisotopic (exact) mass is 278 g/mol.